The zero-order chi connectivity index (χ0) is 15.6. The van der Waals surface area contributed by atoms with Crippen molar-refractivity contribution < 1.29 is 4.79 Å². The van der Waals surface area contributed by atoms with Crippen LogP contribution in [-0.2, 0) is 4.79 Å². The summed E-state index contributed by atoms with van der Waals surface area (Å²) in [4.78, 5) is 26.4. The average Bonchev–Trinajstić information content (AvgIpc) is 2.77. The van der Waals surface area contributed by atoms with E-state index in [9.17, 15) is 9.59 Å². The summed E-state index contributed by atoms with van der Waals surface area (Å²) in [6.07, 6.45) is 4.59. The van der Waals surface area contributed by atoms with E-state index >= 15 is 0 Å². The fourth-order valence-corrected chi connectivity index (χ4v) is 2.04. The molecule has 2 heterocycles. The summed E-state index contributed by atoms with van der Waals surface area (Å²) in [5.41, 5.74) is 0.891. The maximum absolute atomic E-state index is 12.1. The van der Waals surface area contributed by atoms with Crippen LogP contribution in [0.4, 0.5) is 0 Å². The second-order valence-electron chi connectivity index (χ2n) is 5.54. The second-order valence-corrected chi connectivity index (χ2v) is 5.54. The van der Waals surface area contributed by atoms with Crippen molar-refractivity contribution in [3.05, 3.63) is 34.3 Å². The van der Waals surface area contributed by atoms with E-state index in [0.717, 1.165) is 5.39 Å². The third-order valence-corrected chi connectivity index (χ3v) is 2.96. The van der Waals surface area contributed by atoms with Crippen molar-refractivity contribution in [2.24, 2.45) is 0 Å². The molecule has 2 aromatic rings. The molecule has 0 aliphatic rings. The molecule has 6 nitrogen and oxygen atoms in total. The van der Waals surface area contributed by atoms with Gasteiger partial charge in [0.1, 0.15) is 5.65 Å². The summed E-state index contributed by atoms with van der Waals surface area (Å²) in [6, 6.07) is 1.96. The Kier molecular flexibility index (Phi) is 4.26. The van der Waals surface area contributed by atoms with Crippen molar-refractivity contribution in [2.45, 2.75) is 39.8 Å². The zero-order valence-electron chi connectivity index (χ0n) is 12.7. The van der Waals surface area contributed by atoms with Crippen molar-refractivity contribution in [3.63, 3.8) is 0 Å². The third kappa shape index (κ3) is 3.39. The van der Waals surface area contributed by atoms with Gasteiger partial charge in [-0.05, 0) is 39.8 Å². The standard InChI is InChI=1S/C15H20N4O2/c1-9(2)17-13(20)6-5-11-7-12-8-16-19(10(3)4)14(12)18-15(11)21/h5-10H,1-4H3,(H,17,20)(H,18,21). The first-order valence-electron chi connectivity index (χ1n) is 6.97. The van der Waals surface area contributed by atoms with Crippen LogP contribution in [0.15, 0.2) is 23.1 Å². The molecule has 2 rings (SSSR count). The molecule has 0 saturated carbocycles. The molecule has 0 aliphatic heterocycles. The van der Waals surface area contributed by atoms with E-state index in [1.165, 1.54) is 12.2 Å². The highest BCUT2D eigenvalue weighted by Gasteiger charge is 2.09. The van der Waals surface area contributed by atoms with E-state index < -0.39 is 0 Å². The third-order valence-electron chi connectivity index (χ3n) is 2.96. The molecule has 0 spiro atoms. The highest BCUT2D eigenvalue weighted by Crippen LogP contribution is 2.15. The van der Waals surface area contributed by atoms with Crippen LogP contribution in [-0.4, -0.2) is 26.7 Å². The summed E-state index contributed by atoms with van der Waals surface area (Å²) in [5, 5.41) is 7.83. The minimum absolute atomic E-state index is 0.0622. The van der Waals surface area contributed by atoms with Gasteiger partial charge in [0.15, 0.2) is 0 Å². The van der Waals surface area contributed by atoms with Crippen LogP contribution in [0, 0.1) is 0 Å². The predicted octanol–water partition coefficient (Wildman–Crippen LogP) is 1.84. The van der Waals surface area contributed by atoms with Crippen molar-refractivity contribution in [3.8, 4) is 0 Å². The molecule has 6 heteroatoms. The normalized spacial score (nSPS) is 11.9. The van der Waals surface area contributed by atoms with Gasteiger partial charge in [-0.3, -0.25) is 9.59 Å². The number of hydrogen-bond donors (Lipinski definition) is 2. The summed E-state index contributed by atoms with van der Waals surface area (Å²) in [5.74, 6) is -0.220. The molecule has 112 valence electrons. The maximum atomic E-state index is 12.1. The molecule has 0 radical (unpaired) electrons. The number of amides is 1. The molecule has 21 heavy (non-hydrogen) atoms. The Bertz CT molecular complexity index is 738. The Balaban J connectivity index is 2.34. The molecule has 2 aromatic heterocycles. The van der Waals surface area contributed by atoms with Crippen LogP contribution < -0.4 is 10.9 Å². The molecule has 2 N–H and O–H groups in total. The van der Waals surface area contributed by atoms with Crippen molar-refractivity contribution in [1.82, 2.24) is 20.1 Å². The highest BCUT2D eigenvalue weighted by atomic mass is 16.1. The minimum atomic E-state index is -0.238. The lowest BCUT2D eigenvalue weighted by Gasteiger charge is -2.06. The SMILES string of the molecule is CC(C)NC(=O)C=Cc1cc2cnn(C(C)C)c2[nH]c1=O. The number of aromatic nitrogens is 3. The van der Waals surface area contributed by atoms with Crippen molar-refractivity contribution >= 4 is 23.0 Å². The van der Waals surface area contributed by atoms with Crippen LogP contribution in [0.5, 0.6) is 0 Å². The summed E-state index contributed by atoms with van der Waals surface area (Å²) < 4.78 is 1.76. The van der Waals surface area contributed by atoms with E-state index in [1.807, 2.05) is 27.7 Å². The van der Waals surface area contributed by atoms with E-state index in [2.05, 4.69) is 15.4 Å². The topological polar surface area (TPSA) is 79.8 Å². The number of aromatic amines is 1. The second kappa shape index (κ2) is 5.95. The van der Waals surface area contributed by atoms with Gasteiger partial charge < -0.3 is 10.3 Å². The number of carbonyl (C=O) groups excluding carboxylic acids is 1. The zero-order valence-corrected chi connectivity index (χ0v) is 12.7. The van der Waals surface area contributed by atoms with Gasteiger partial charge in [0.2, 0.25) is 5.91 Å². The van der Waals surface area contributed by atoms with Gasteiger partial charge in [-0.25, -0.2) is 4.68 Å². The number of rotatable bonds is 4. The van der Waals surface area contributed by atoms with Crippen LogP contribution in [0.2, 0.25) is 0 Å². The predicted molar refractivity (Wildman–Crippen MR) is 83.1 cm³/mol. The number of carbonyl (C=O) groups is 1. The van der Waals surface area contributed by atoms with Gasteiger partial charge in [-0.1, -0.05) is 0 Å². The van der Waals surface area contributed by atoms with Crippen LogP contribution in [0.3, 0.4) is 0 Å². The molecular weight excluding hydrogens is 268 g/mol. The average molecular weight is 288 g/mol. The van der Waals surface area contributed by atoms with E-state index in [4.69, 9.17) is 0 Å². The number of nitrogens with one attached hydrogen (secondary N) is 2. The number of hydrogen-bond acceptors (Lipinski definition) is 3. The fraction of sp³-hybridized carbons (Fsp3) is 0.400. The lowest BCUT2D eigenvalue weighted by atomic mass is 10.2. The number of nitrogens with zero attached hydrogens (tertiary/aromatic N) is 2. The fourth-order valence-electron chi connectivity index (χ4n) is 2.04. The lowest BCUT2D eigenvalue weighted by molar-refractivity contribution is -0.116. The summed E-state index contributed by atoms with van der Waals surface area (Å²) >= 11 is 0. The molecule has 0 unspecified atom stereocenters. The molecule has 1 amide bonds. The van der Waals surface area contributed by atoms with Crippen molar-refractivity contribution in [2.75, 3.05) is 0 Å². The number of pyridine rings is 1. The van der Waals surface area contributed by atoms with Crippen LogP contribution in [0.1, 0.15) is 39.3 Å². The molecule has 0 atom stereocenters. The summed E-state index contributed by atoms with van der Waals surface area (Å²) in [6.45, 7) is 7.75. The van der Waals surface area contributed by atoms with E-state index in [1.54, 1.807) is 16.9 Å². The molecule has 0 aliphatic carbocycles. The summed E-state index contributed by atoms with van der Waals surface area (Å²) in [7, 11) is 0. The smallest absolute Gasteiger partial charge is 0.256 e. The molecular formula is C15H20N4O2. The van der Waals surface area contributed by atoms with Gasteiger partial charge in [0.05, 0.1) is 6.20 Å². The van der Waals surface area contributed by atoms with Gasteiger partial charge >= 0.3 is 0 Å². The Morgan fingerprint density at radius 3 is 2.71 bits per heavy atom. The first-order valence-corrected chi connectivity index (χ1v) is 6.97. The Labute approximate surface area is 122 Å². The van der Waals surface area contributed by atoms with Gasteiger partial charge in [-0.2, -0.15) is 5.10 Å². The van der Waals surface area contributed by atoms with E-state index in [-0.39, 0.29) is 23.6 Å². The molecule has 0 aromatic carbocycles. The highest BCUT2D eigenvalue weighted by molar-refractivity contribution is 5.92. The van der Waals surface area contributed by atoms with Gasteiger partial charge in [0, 0.05) is 29.1 Å². The monoisotopic (exact) mass is 288 g/mol. The van der Waals surface area contributed by atoms with Crippen molar-refractivity contribution in [1.29, 1.82) is 0 Å². The molecule has 0 fully saturated rings. The Morgan fingerprint density at radius 1 is 1.38 bits per heavy atom. The quantitative estimate of drug-likeness (QED) is 0.842. The first-order chi connectivity index (χ1) is 9.88. The number of H-pyrrole nitrogens is 1. The van der Waals surface area contributed by atoms with Gasteiger partial charge in [-0.15, -0.1) is 0 Å². The van der Waals surface area contributed by atoms with Crippen LogP contribution >= 0.6 is 0 Å². The van der Waals surface area contributed by atoms with Crippen LogP contribution in [0.25, 0.3) is 17.1 Å². The largest absolute Gasteiger partial charge is 0.350 e. The Morgan fingerprint density at radius 2 is 2.10 bits per heavy atom. The lowest BCUT2D eigenvalue weighted by Crippen LogP contribution is -2.28. The Hall–Kier alpha value is -2.37. The molecule has 0 saturated heterocycles. The van der Waals surface area contributed by atoms with Gasteiger partial charge in [0.25, 0.3) is 5.56 Å². The van der Waals surface area contributed by atoms with E-state index in [0.29, 0.717) is 11.2 Å². The number of fused-ring (bicyclic) bond motifs is 1. The maximum Gasteiger partial charge on any atom is 0.256 e. The first kappa shape index (κ1) is 15.0. The molecule has 0 bridgehead atoms. The minimum Gasteiger partial charge on any atom is -0.350 e.